The predicted octanol–water partition coefficient (Wildman–Crippen LogP) is 4.72. The molecule has 0 radical (unpaired) electrons. The van der Waals surface area contributed by atoms with Crippen molar-refractivity contribution in [3.8, 4) is 0 Å². The molecule has 0 aliphatic rings. The van der Waals surface area contributed by atoms with Crippen molar-refractivity contribution in [2.75, 3.05) is 0 Å². The van der Waals surface area contributed by atoms with Gasteiger partial charge in [0.25, 0.3) is 0 Å². The van der Waals surface area contributed by atoms with E-state index in [0.717, 1.165) is 30.5 Å². The van der Waals surface area contributed by atoms with Crippen molar-refractivity contribution in [3.05, 3.63) is 71.8 Å². The van der Waals surface area contributed by atoms with Gasteiger partial charge in [0.15, 0.2) is 0 Å². The van der Waals surface area contributed by atoms with Crippen LogP contribution in [0.2, 0.25) is 0 Å². The molecular weight excluding hydrogens is 296 g/mol. The molecule has 126 valence electrons. The van der Waals surface area contributed by atoms with Crippen molar-refractivity contribution >= 4 is 11.6 Å². The number of amides is 1. The van der Waals surface area contributed by atoms with E-state index in [1.54, 1.807) is 0 Å². The van der Waals surface area contributed by atoms with Crippen LogP contribution in [0.4, 0.5) is 0 Å². The lowest BCUT2D eigenvalue weighted by atomic mass is 10.0. The van der Waals surface area contributed by atoms with Crippen LogP contribution in [0.25, 0.3) is 0 Å². The number of carbonyl (C=O) groups is 1. The zero-order valence-corrected chi connectivity index (χ0v) is 14.4. The number of carbonyl (C=O) groups excluding carboxylic acids is 1. The van der Waals surface area contributed by atoms with Gasteiger partial charge in [0.2, 0.25) is 5.91 Å². The Hall–Kier alpha value is -2.42. The van der Waals surface area contributed by atoms with Gasteiger partial charge in [-0.1, -0.05) is 80.4 Å². The number of nitrogens with zero attached hydrogens (tertiary/aromatic N) is 1. The molecule has 0 bridgehead atoms. The summed E-state index contributed by atoms with van der Waals surface area (Å²) in [5.41, 5.74) is 5.93. The van der Waals surface area contributed by atoms with Crippen molar-refractivity contribution in [1.29, 1.82) is 0 Å². The summed E-state index contributed by atoms with van der Waals surface area (Å²) in [4.78, 5) is 12.1. The van der Waals surface area contributed by atoms with Gasteiger partial charge in [0.1, 0.15) is 0 Å². The largest absolute Gasteiger partial charge is 0.273 e. The maximum atomic E-state index is 12.1. The number of unbranched alkanes of at least 4 members (excludes halogenated alkanes) is 2. The van der Waals surface area contributed by atoms with Gasteiger partial charge in [-0.15, -0.1) is 0 Å². The highest BCUT2D eigenvalue weighted by atomic mass is 16.2. The van der Waals surface area contributed by atoms with E-state index in [1.165, 1.54) is 18.4 Å². The molecule has 0 fully saturated rings. The van der Waals surface area contributed by atoms with Crippen LogP contribution in [-0.2, 0) is 11.2 Å². The summed E-state index contributed by atoms with van der Waals surface area (Å²) in [5.74, 6) is -0.0391. The lowest BCUT2D eigenvalue weighted by Gasteiger charge is -2.07. The minimum Gasteiger partial charge on any atom is -0.273 e. The van der Waals surface area contributed by atoms with Gasteiger partial charge in [-0.05, 0) is 30.4 Å². The molecule has 0 aliphatic carbocycles. The zero-order chi connectivity index (χ0) is 17.0. The molecule has 3 heteroatoms. The molecule has 0 aliphatic heterocycles. The Kier molecular flexibility index (Phi) is 7.75. The highest BCUT2D eigenvalue weighted by Gasteiger charge is 2.06. The quantitative estimate of drug-likeness (QED) is 0.405. The van der Waals surface area contributed by atoms with E-state index in [1.807, 2.05) is 60.7 Å². The summed E-state index contributed by atoms with van der Waals surface area (Å²) in [7, 11) is 0. The van der Waals surface area contributed by atoms with Crippen LogP contribution in [0.1, 0.15) is 50.2 Å². The monoisotopic (exact) mass is 322 g/mol. The topological polar surface area (TPSA) is 41.5 Å². The van der Waals surface area contributed by atoms with Crippen LogP contribution in [0, 0.1) is 0 Å². The van der Waals surface area contributed by atoms with E-state index in [9.17, 15) is 4.79 Å². The molecule has 1 N–H and O–H groups in total. The molecule has 0 heterocycles. The fourth-order valence-electron chi connectivity index (χ4n) is 2.53. The number of hydrogen-bond donors (Lipinski definition) is 1. The Bertz CT molecular complexity index is 635. The van der Waals surface area contributed by atoms with Crippen LogP contribution in [-0.4, -0.2) is 11.6 Å². The fourth-order valence-corrected chi connectivity index (χ4v) is 2.53. The minimum absolute atomic E-state index is 0.0391. The van der Waals surface area contributed by atoms with Gasteiger partial charge >= 0.3 is 0 Å². The SMILES string of the molecule is CCCCC/C(=N\NC(=O)CCc1ccccc1)c1ccccc1. The molecular formula is C21H26N2O. The van der Waals surface area contributed by atoms with Crippen molar-refractivity contribution in [2.24, 2.45) is 5.10 Å². The Labute approximate surface area is 144 Å². The maximum absolute atomic E-state index is 12.1. The standard InChI is InChI=1S/C21H26N2O/c1-2-3-6-15-20(19-13-9-5-10-14-19)22-23-21(24)17-16-18-11-7-4-8-12-18/h4-5,7-14H,2-3,6,15-17H2,1H3,(H,23,24)/b22-20+. The van der Waals surface area contributed by atoms with E-state index < -0.39 is 0 Å². The third kappa shape index (κ3) is 6.37. The highest BCUT2D eigenvalue weighted by molar-refractivity contribution is 6.01. The number of aryl methyl sites for hydroxylation is 1. The molecule has 0 saturated heterocycles. The molecule has 0 saturated carbocycles. The van der Waals surface area contributed by atoms with Crippen LogP contribution in [0.15, 0.2) is 65.8 Å². The third-order valence-corrected chi connectivity index (χ3v) is 3.92. The van der Waals surface area contributed by atoms with Crippen molar-refractivity contribution in [2.45, 2.75) is 45.4 Å². The molecule has 2 rings (SSSR count). The molecule has 0 aromatic heterocycles. The van der Waals surface area contributed by atoms with Crippen molar-refractivity contribution in [1.82, 2.24) is 5.43 Å². The number of hydrogen-bond acceptors (Lipinski definition) is 2. The van der Waals surface area contributed by atoms with Crippen molar-refractivity contribution in [3.63, 3.8) is 0 Å². The maximum Gasteiger partial charge on any atom is 0.240 e. The average Bonchev–Trinajstić information content (AvgIpc) is 2.64. The van der Waals surface area contributed by atoms with Gasteiger partial charge in [-0.25, -0.2) is 5.43 Å². The number of rotatable bonds is 9. The van der Waals surface area contributed by atoms with Gasteiger partial charge < -0.3 is 0 Å². The zero-order valence-electron chi connectivity index (χ0n) is 14.4. The van der Waals surface area contributed by atoms with Gasteiger partial charge in [0, 0.05) is 6.42 Å². The first-order valence-electron chi connectivity index (χ1n) is 8.74. The average molecular weight is 322 g/mol. The molecule has 1 amide bonds. The second-order valence-electron chi connectivity index (χ2n) is 5.90. The summed E-state index contributed by atoms with van der Waals surface area (Å²) in [6.45, 7) is 2.19. The van der Waals surface area contributed by atoms with E-state index in [0.29, 0.717) is 6.42 Å². The number of nitrogens with one attached hydrogen (secondary N) is 1. The van der Waals surface area contributed by atoms with Crippen LogP contribution >= 0.6 is 0 Å². The molecule has 2 aromatic rings. The normalized spacial score (nSPS) is 11.3. The smallest absolute Gasteiger partial charge is 0.240 e. The van der Waals surface area contributed by atoms with Crippen LogP contribution < -0.4 is 5.43 Å². The molecule has 0 unspecified atom stereocenters. The molecule has 3 nitrogen and oxygen atoms in total. The number of hydrazone groups is 1. The van der Waals surface area contributed by atoms with Gasteiger partial charge in [0.05, 0.1) is 5.71 Å². The first-order chi connectivity index (χ1) is 11.8. The molecule has 0 spiro atoms. The Morgan fingerprint density at radius 1 is 0.917 bits per heavy atom. The Balaban J connectivity index is 1.92. The molecule has 0 atom stereocenters. The van der Waals surface area contributed by atoms with Gasteiger partial charge in [-0.2, -0.15) is 5.10 Å². The summed E-state index contributed by atoms with van der Waals surface area (Å²) in [6, 6.07) is 20.1. The molecule has 24 heavy (non-hydrogen) atoms. The minimum atomic E-state index is -0.0391. The second-order valence-corrected chi connectivity index (χ2v) is 5.90. The second kappa shape index (κ2) is 10.4. The van der Waals surface area contributed by atoms with Crippen molar-refractivity contribution < 1.29 is 4.79 Å². The third-order valence-electron chi connectivity index (χ3n) is 3.92. The van der Waals surface area contributed by atoms with E-state index in [2.05, 4.69) is 17.5 Å². The highest BCUT2D eigenvalue weighted by Crippen LogP contribution is 2.09. The predicted molar refractivity (Wildman–Crippen MR) is 100 cm³/mol. The Morgan fingerprint density at radius 3 is 2.25 bits per heavy atom. The fraction of sp³-hybridized carbons (Fsp3) is 0.333. The summed E-state index contributed by atoms with van der Waals surface area (Å²) < 4.78 is 0. The first kappa shape index (κ1) is 17.9. The van der Waals surface area contributed by atoms with Crippen LogP contribution in [0.3, 0.4) is 0 Å². The lowest BCUT2D eigenvalue weighted by molar-refractivity contribution is -0.121. The van der Waals surface area contributed by atoms with E-state index in [-0.39, 0.29) is 5.91 Å². The summed E-state index contributed by atoms with van der Waals surface area (Å²) in [6.07, 6.45) is 5.50. The summed E-state index contributed by atoms with van der Waals surface area (Å²) in [5, 5.41) is 4.40. The number of benzene rings is 2. The van der Waals surface area contributed by atoms with Crippen LogP contribution in [0.5, 0.6) is 0 Å². The Morgan fingerprint density at radius 2 is 1.58 bits per heavy atom. The van der Waals surface area contributed by atoms with E-state index >= 15 is 0 Å². The van der Waals surface area contributed by atoms with Gasteiger partial charge in [-0.3, -0.25) is 4.79 Å². The lowest BCUT2D eigenvalue weighted by Crippen LogP contribution is -2.20. The molecule has 2 aromatic carbocycles. The first-order valence-corrected chi connectivity index (χ1v) is 8.74. The van der Waals surface area contributed by atoms with E-state index in [4.69, 9.17) is 0 Å². The summed E-state index contributed by atoms with van der Waals surface area (Å²) >= 11 is 0.